The van der Waals surface area contributed by atoms with E-state index in [1.54, 1.807) is 12.1 Å². The van der Waals surface area contributed by atoms with Crippen molar-refractivity contribution in [2.75, 3.05) is 0 Å². The van der Waals surface area contributed by atoms with E-state index in [9.17, 15) is 4.39 Å². The van der Waals surface area contributed by atoms with Crippen molar-refractivity contribution >= 4 is 0 Å². The minimum atomic E-state index is -0.154. The zero-order valence-corrected chi connectivity index (χ0v) is 10.4. The SMILES string of the molecule is C=CC1Cc2cc(F)cc(C)c2-c2cccc[n+]21. The number of allylic oxidation sites excluding steroid dienone is 1. The van der Waals surface area contributed by atoms with E-state index in [1.807, 2.05) is 25.1 Å². The summed E-state index contributed by atoms with van der Waals surface area (Å²) in [6.45, 7) is 5.85. The molecule has 1 aliphatic rings. The zero-order valence-electron chi connectivity index (χ0n) is 10.4. The molecule has 0 spiro atoms. The molecule has 0 aliphatic carbocycles. The molecule has 90 valence electrons. The van der Waals surface area contributed by atoms with Crippen LogP contribution < -0.4 is 4.57 Å². The van der Waals surface area contributed by atoms with Gasteiger partial charge in [-0.2, -0.15) is 4.57 Å². The summed E-state index contributed by atoms with van der Waals surface area (Å²) in [5.41, 5.74) is 4.37. The molecule has 2 heteroatoms. The lowest BCUT2D eigenvalue weighted by molar-refractivity contribution is -0.703. The highest BCUT2D eigenvalue weighted by molar-refractivity contribution is 5.66. The molecule has 0 fully saturated rings. The molecule has 1 aromatic heterocycles. The van der Waals surface area contributed by atoms with Gasteiger partial charge in [-0.1, -0.05) is 6.58 Å². The van der Waals surface area contributed by atoms with Crippen molar-refractivity contribution in [1.29, 1.82) is 0 Å². The molecule has 1 atom stereocenters. The van der Waals surface area contributed by atoms with Crippen LogP contribution in [0.1, 0.15) is 17.2 Å². The van der Waals surface area contributed by atoms with Crippen LogP contribution in [0.15, 0.2) is 49.2 Å². The number of aromatic nitrogens is 1. The van der Waals surface area contributed by atoms with Crippen molar-refractivity contribution in [2.45, 2.75) is 19.4 Å². The Bertz CT molecular complexity index is 631. The van der Waals surface area contributed by atoms with Crippen LogP contribution in [0.2, 0.25) is 0 Å². The van der Waals surface area contributed by atoms with E-state index >= 15 is 0 Å². The first-order chi connectivity index (χ1) is 8.70. The minimum Gasteiger partial charge on any atom is -0.207 e. The number of fused-ring (bicyclic) bond motifs is 3. The summed E-state index contributed by atoms with van der Waals surface area (Å²) in [5, 5.41) is 0. The van der Waals surface area contributed by atoms with Gasteiger partial charge in [-0.15, -0.1) is 0 Å². The van der Waals surface area contributed by atoms with Crippen molar-refractivity contribution < 1.29 is 8.96 Å². The van der Waals surface area contributed by atoms with E-state index in [-0.39, 0.29) is 11.9 Å². The highest BCUT2D eigenvalue weighted by Crippen LogP contribution is 2.32. The Labute approximate surface area is 106 Å². The highest BCUT2D eigenvalue weighted by Gasteiger charge is 2.30. The summed E-state index contributed by atoms with van der Waals surface area (Å²) in [7, 11) is 0. The van der Waals surface area contributed by atoms with E-state index in [0.717, 1.165) is 28.8 Å². The van der Waals surface area contributed by atoms with Gasteiger partial charge in [-0.25, -0.2) is 4.39 Å². The number of hydrogen-bond acceptors (Lipinski definition) is 0. The number of nitrogens with zero attached hydrogens (tertiary/aromatic N) is 1. The van der Waals surface area contributed by atoms with Gasteiger partial charge in [0.1, 0.15) is 5.82 Å². The predicted molar refractivity (Wildman–Crippen MR) is 69.7 cm³/mol. The molecule has 2 aromatic rings. The Morgan fingerprint density at radius 1 is 1.39 bits per heavy atom. The first-order valence-corrected chi connectivity index (χ1v) is 6.13. The van der Waals surface area contributed by atoms with Crippen molar-refractivity contribution in [3.63, 3.8) is 0 Å². The molecule has 0 amide bonds. The van der Waals surface area contributed by atoms with Crippen LogP contribution in [0.3, 0.4) is 0 Å². The van der Waals surface area contributed by atoms with Gasteiger partial charge in [0.05, 0.1) is 5.56 Å². The maximum atomic E-state index is 13.5. The monoisotopic (exact) mass is 240 g/mol. The van der Waals surface area contributed by atoms with Crippen molar-refractivity contribution in [1.82, 2.24) is 0 Å². The molecule has 2 heterocycles. The summed E-state index contributed by atoms with van der Waals surface area (Å²) in [6, 6.07) is 9.57. The van der Waals surface area contributed by atoms with Crippen LogP contribution in [0.25, 0.3) is 11.3 Å². The topological polar surface area (TPSA) is 3.88 Å². The molecule has 0 N–H and O–H groups in total. The van der Waals surface area contributed by atoms with E-state index < -0.39 is 0 Å². The third kappa shape index (κ3) is 1.57. The second kappa shape index (κ2) is 4.05. The van der Waals surface area contributed by atoms with Crippen molar-refractivity contribution in [3.8, 4) is 11.3 Å². The first kappa shape index (κ1) is 11.1. The van der Waals surface area contributed by atoms with Gasteiger partial charge in [0.15, 0.2) is 12.2 Å². The van der Waals surface area contributed by atoms with Gasteiger partial charge in [0.2, 0.25) is 5.69 Å². The predicted octanol–water partition coefficient (Wildman–Crippen LogP) is 3.37. The highest BCUT2D eigenvalue weighted by atomic mass is 19.1. The lowest BCUT2D eigenvalue weighted by atomic mass is 9.89. The summed E-state index contributed by atoms with van der Waals surface area (Å²) >= 11 is 0. The van der Waals surface area contributed by atoms with Gasteiger partial charge in [-0.3, -0.25) is 0 Å². The van der Waals surface area contributed by atoms with Crippen LogP contribution in [-0.2, 0) is 6.42 Å². The molecule has 1 aliphatic heterocycles. The number of hydrogen-bond donors (Lipinski definition) is 0. The van der Waals surface area contributed by atoms with E-state index in [0.29, 0.717) is 0 Å². The van der Waals surface area contributed by atoms with Crippen LogP contribution in [-0.4, -0.2) is 0 Å². The summed E-state index contributed by atoms with van der Waals surface area (Å²) in [5.74, 6) is -0.154. The molecule has 0 saturated heterocycles. The molecule has 3 rings (SSSR count). The number of pyridine rings is 1. The van der Waals surface area contributed by atoms with E-state index in [4.69, 9.17) is 0 Å². The molecule has 18 heavy (non-hydrogen) atoms. The summed E-state index contributed by atoms with van der Waals surface area (Å²) in [6.07, 6.45) is 4.79. The molecule has 0 saturated carbocycles. The van der Waals surface area contributed by atoms with E-state index in [1.165, 1.54) is 0 Å². The standard InChI is InChI=1S/C16H15FN/c1-3-14-10-12-9-13(17)8-11(2)16(12)15-6-4-5-7-18(14)15/h3-9,14H,1,10H2,2H3/q+1. The fourth-order valence-corrected chi connectivity index (χ4v) is 2.82. The molecular formula is C16H15FN+. The van der Waals surface area contributed by atoms with Crippen LogP contribution in [0, 0.1) is 12.7 Å². The number of halogens is 1. The fourth-order valence-electron chi connectivity index (χ4n) is 2.82. The average molecular weight is 240 g/mol. The Morgan fingerprint density at radius 2 is 2.22 bits per heavy atom. The minimum absolute atomic E-state index is 0.154. The molecule has 1 aromatic carbocycles. The quantitative estimate of drug-likeness (QED) is 0.531. The number of rotatable bonds is 1. The van der Waals surface area contributed by atoms with Gasteiger partial charge < -0.3 is 0 Å². The molecule has 1 unspecified atom stereocenters. The van der Waals surface area contributed by atoms with Gasteiger partial charge in [-0.05, 0) is 42.3 Å². The van der Waals surface area contributed by atoms with Crippen LogP contribution >= 0.6 is 0 Å². The summed E-state index contributed by atoms with van der Waals surface area (Å²) < 4.78 is 15.7. The lowest BCUT2D eigenvalue weighted by Crippen LogP contribution is -2.44. The summed E-state index contributed by atoms with van der Waals surface area (Å²) in [4.78, 5) is 0. The lowest BCUT2D eigenvalue weighted by Gasteiger charge is -2.21. The average Bonchev–Trinajstić information content (AvgIpc) is 2.36. The number of aryl methyl sites for hydroxylation is 1. The van der Waals surface area contributed by atoms with Gasteiger partial charge in [0, 0.05) is 18.6 Å². The Kier molecular flexibility index (Phi) is 2.51. The molecule has 1 nitrogen and oxygen atoms in total. The van der Waals surface area contributed by atoms with Crippen molar-refractivity contribution in [3.05, 3.63) is 66.1 Å². The Balaban J connectivity index is 2.32. The third-order valence-corrected chi connectivity index (χ3v) is 3.59. The molecule has 0 radical (unpaired) electrons. The van der Waals surface area contributed by atoms with Crippen molar-refractivity contribution in [2.24, 2.45) is 0 Å². The Hall–Kier alpha value is -1.96. The largest absolute Gasteiger partial charge is 0.213 e. The van der Waals surface area contributed by atoms with Crippen LogP contribution in [0.4, 0.5) is 4.39 Å². The maximum Gasteiger partial charge on any atom is 0.213 e. The molecular weight excluding hydrogens is 225 g/mol. The fraction of sp³-hybridized carbons (Fsp3) is 0.188. The second-order valence-electron chi connectivity index (χ2n) is 4.76. The van der Waals surface area contributed by atoms with E-state index in [2.05, 4.69) is 23.4 Å². The van der Waals surface area contributed by atoms with Crippen LogP contribution in [0.5, 0.6) is 0 Å². The van der Waals surface area contributed by atoms with Gasteiger partial charge >= 0.3 is 0 Å². The smallest absolute Gasteiger partial charge is 0.207 e. The zero-order chi connectivity index (χ0) is 12.7. The third-order valence-electron chi connectivity index (χ3n) is 3.59. The van der Waals surface area contributed by atoms with Gasteiger partial charge in [0.25, 0.3) is 0 Å². The number of benzene rings is 1. The molecule has 0 bridgehead atoms. The normalized spacial score (nSPS) is 16.9. The maximum absolute atomic E-state index is 13.5. The first-order valence-electron chi connectivity index (χ1n) is 6.13. The second-order valence-corrected chi connectivity index (χ2v) is 4.76. The Morgan fingerprint density at radius 3 is 3.00 bits per heavy atom.